The van der Waals surface area contributed by atoms with E-state index < -0.39 is 53.9 Å². The van der Waals surface area contributed by atoms with Gasteiger partial charge in [0.2, 0.25) is 29.5 Å². The molecule has 1 heterocycles. The highest BCUT2D eigenvalue weighted by atomic mass is 16.6. The van der Waals surface area contributed by atoms with Gasteiger partial charge in [-0.3, -0.25) is 24.0 Å². The predicted molar refractivity (Wildman–Crippen MR) is 194 cm³/mol. The van der Waals surface area contributed by atoms with Gasteiger partial charge in [0.1, 0.15) is 24.2 Å². The summed E-state index contributed by atoms with van der Waals surface area (Å²) in [7, 11) is 4.68. The first kappa shape index (κ1) is 41.1. The fraction of sp³-hybridized carbons (Fsp3) is 0.553. The summed E-state index contributed by atoms with van der Waals surface area (Å²) >= 11 is 0. The van der Waals surface area contributed by atoms with Crippen molar-refractivity contribution in [3.8, 4) is 0 Å². The predicted octanol–water partition coefficient (Wildman–Crippen LogP) is 1.83. The minimum Gasteiger partial charge on any atom is -0.393 e. The summed E-state index contributed by atoms with van der Waals surface area (Å²) in [4.78, 5) is 78.4. The number of rotatable bonds is 19. The number of nitrogens with one attached hydrogen (secondary N) is 3. The Bertz CT molecular complexity index is 1400. The van der Waals surface area contributed by atoms with Gasteiger partial charge in [0.15, 0.2) is 0 Å². The molecule has 0 aromatic heterocycles. The van der Waals surface area contributed by atoms with Crippen LogP contribution in [0.15, 0.2) is 60.7 Å². The third-order valence-corrected chi connectivity index (χ3v) is 9.16. The van der Waals surface area contributed by atoms with Gasteiger partial charge in [-0.15, -0.1) is 0 Å². The normalized spacial score (nSPS) is 15.8. The molecule has 0 radical (unpaired) electrons. The zero-order valence-corrected chi connectivity index (χ0v) is 30.7. The van der Waals surface area contributed by atoms with Crippen LogP contribution in [0.2, 0.25) is 0 Å². The molecule has 51 heavy (non-hydrogen) atoms. The van der Waals surface area contributed by atoms with Crippen molar-refractivity contribution in [2.75, 3.05) is 40.8 Å². The lowest BCUT2D eigenvalue weighted by molar-refractivity contribution is -0.149. The fourth-order valence-electron chi connectivity index (χ4n) is 6.26. The summed E-state index contributed by atoms with van der Waals surface area (Å²) in [5.74, 6) is -2.11. The summed E-state index contributed by atoms with van der Waals surface area (Å²) in [5, 5.41) is 15.4. The number of hydroxylamine groups is 1. The van der Waals surface area contributed by atoms with E-state index in [-0.39, 0.29) is 38.2 Å². The van der Waals surface area contributed by atoms with E-state index in [2.05, 4.69) is 16.1 Å². The van der Waals surface area contributed by atoms with Gasteiger partial charge in [-0.1, -0.05) is 60.7 Å². The molecule has 13 heteroatoms. The highest BCUT2D eigenvalue weighted by Crippen LogP contribution is 2.18. The maximum atomic E-state index is 14.6. The van der Waals surface area contributed by atoms with Gasteiger partial charge >= 0.3 is 0 Å². The van der Waals surface area contributed by atoms with Crippen LogP contribution in [0.25, 0.3) is 0 Å². The van der Waals surface area contributed by atoms with Crippen molar-refractivity contribution in [1.29, 1.82) is 0 Å². The average molecular weight is 709 g/mol. The van der Waals surface area contributed by atoms with E-state index in [4.69, 9.17) is 4.84 Å². The first-order chi connectivity index (χ1) is 24.4. The van der Waals surface area contributed by atoms with E-state index in [0.717, 1.165) is 30.4 Å². The molecule has 3 rings (SSSR count). The third-order valence-electron chi connectivity index (χ3n) is 9.16. The van der Waals surface area contributed by atoms with Crippen LogP contribution in [0.3, 0.4) is 0 Å². The monoisotopic (exact) mass is 708 g/mol. The first-order valence-electron chi connectivity index (χ1n) is 17.9. The van der Waals surface area contributed by atoms with Gasteiger partial charge in [-0.2, -0.15) is 0 Å². The van der Waals surface area contributed by atoms with Gasteiger partial charge in [0.05, 0.1) is 19.1 Å². The summed E-state index contributed by atoms with van der Waals surface area (Å²) < 4.78 is 0. The molecule has 1 unspecified atom stereocenters. The summed E-state index contributed by atoms with van der Waals surface area (Å²) in [6.45, 7) is 4.72. The Balaban J connectivity index is 1.92. The Labute approximate surface area is 302 Å². The Morgan fingerprint density at radius 1 is 0.804 bits per heavy atom. The average Bonchev–Trinajstić information content (AvgIpc) is 3.13. The second-order valence-electron chi connectivity index (χ2n) is 13.3. The number of piperidine rings is 1. The molecule has 4 N–H and O–H groups in total. The number of nitrogens with zero attached hydrogens (tertiary/aromatic N) is 3. The second-order valence-corrected chi connectivity index (χ2v) is 13.3. The highest BCUT2D eigenvalue weighted by molar-refractivity contribution is 5.95. The van der Waals surface area contributed by atoms with Crippen LogP contribution in [0, 0.1) is 0 Å². The zero-order valence-electron chi connectivity index (χ0n) is 30.7. The van der Waals surface area contributed by atoms with E-state index >= 15 is 0 Å². The lowest BCUT2D eigenvalue weighted by atomic mass is 9.99. The van der Waals surface area contributed by atoms with Crippen molar-refractivity contribution in [2.24, 2.45) is 0 Å². The van der Waals surface area contributed by atoms with Crippen LogP contribution < -0.4 is 16.1 Å². The standard InChI is InChI=1S/C38H56N6O7/c1-27(45)24-34(46)41-31(20-15-23-51-39-3)37(49)43(5)33(26-30-18-11-7-12-19-30)38(50)42(4)32(25-29-16-9-6-10-17-29)35(47)40-28(2)36(48)44-21-13-8-14-22-44/h6-7,9-12,16-19,27-28,31-33,39,45H,8,13-15,20-26H2,1-5H3,(H,40,47)(H,41,46)/t27-,28+,31?,32+,33+/m1/s1. The van der Waals surface area contributed by atoms with Crippen LogP contribution >= 0.6 is 0 Å². The SMILES string of the molecule is CNOCCCC(NC(=O)C[C@@H](C)O)C(=O)N(C)[C@@H](Cc1ccccc1)C(=O)N(C)[C@@H](Cc1ccccc1)C(=O)N[C@@H](C)C(=O)N1CCCCC1. The quantitative estimate of drug-likeness (QED) is 0.127. The lowest BCUT2D eigenvalue weighted by Gasteiger charge is -2.36. The number of benzene rings is 2. The molecule has 0 saturated carbocycles. The van der Waals surface area contributed by atoms with E-state index in [1.54, 1.807) is 25.9 Å². The molecule has 13 nitrogen and oxygen atoms in total. The Morgan fingerprint density at radius 2 is 1.35 bits per heavy atom. The molecule has 280 valence electrons. The van der Waals surface area contributed by atoms with Crippen molar-refractivity contribution < 1.29 is 33.9 Å². The highest BCUT2D eigenvalue weighted by Gasteiger charge is 2.38. The number of hydrogen-bond donors (Lipinski definition) is 4. The van der Waals surface area contributed by atoms with Gasteiger partial charge in [-0.25, -0.2) is 5.48 Å². The Hall–Kier alpha value is -4.33. The molecular weight excluding hydrogens is 652 g/mol. The number of likely N-dealkylation sites (tertiary alicyclic amines) is 1. The largest absolute Gasteiger partial charge is 0.393 e. The Kier molecular flexibility index (Phi) is 17.0. The van der Waals surface area contributed by atoms with E-state index in [1.165, 1.54) is 23.8 Å². The van der Waals surface area contributed by atoms with E-state index in [0.29, 0.717) is 19.5 Å². The van der Waals surface area contributed by atoms with Gasteiger partial charge in [0.25, 0.3) is 0 Å². The molecule has 1 aliphatic rings. The lowest BCUT2D eigenvalue weighted by Crippen LogP contribution is -2.59. The Morgan fingerprint density at radius 3 is 1.90 bits per heavy atom. The number of aliphatic hydroxyl groups is 1. The minimum absolute atomic E-state index is 0.146. The molecule has 2 aromatic carbocycles. The van der Waals surface area contributed by atoms with E-state index in [9.17, 15) is 29.1 Å². The van der Waals surface area contributed by atoms with Crippen molar-refractivity contribution in [3.05, 3.63) is 71.8 Å². The van der Waals surface area contributed by atoms with Crippen LogP contribution in [-0.2, 0) is 41.7 Å². The minimum atomic E-state index is -1.05. The van der Waals surface area contributed by atoms with Gasteiger partial charge in [-0.05, 0) is 57.1 Å². The number of carbonyl (C=O) groups excluding carboxylic acids is 5. The van der Waals surface area contributed by atoms with Crippen LogP contribution in [-0.4, -0.2) is 120 Å². The maximum absolute atomic E-state index is 14.6. The molecule has 0 bridgehead atoms. The topological polar surface area (TPSA) is 161 Å². The number of likely N-dealkylation sites (N-methyl/N-ethyl adjacent to an activating group) is 2. The second kappa shape index (κ2) is 21.1. The number of hydrogen-bond acceptors (Lipinski definition) is 8. The molecule has 5 atom stereocenters. The molecule has 2 aromatic rings. The fourth-order valence-corrected chi connectivity index (χ4v) is 6.26. The molecule has 0 aliphatic carbocycles. The number of carbonyl (C=O) groups is 5. The smallest absolute Gasteiger partial charge is 0.246 e. The van der Waals surface area contributed by atoms with Crippen LogP contribution in [0.5, 0.6) is 0 Å². The molecule has 5 amide bonds. The summed E-state index contributed by atoms with van der Waals surface area (Å²) in [6.07, 6.45) is 2.78. The van der Waals surface area contributed by atoms with Crippen molar-refractivity contribution in [1.82, 2.24) is 30.8 Å². The summed E-state index contributed by atoms with van der Waals surface area (Å²) in [6, 6.07) is 14.7. The molecule has 1 aliphatic heterocycles. The number of amides is 5. The molecule has 1 saturated heterocycles. The van der Waals surface area contributed by atoms with Crippen LogP contribution in [0.1, 0.15) is 63.5 Å². The van der Waals surface area contributed by atoms with Gasteiger partial charge in [0, 0.05) is 47.1 Å². The first-order valence-corrected chi connectivity index (χ1v) is 17.9. The molecule has 0 spiro atoms. The summed E-state index contributed by atoms with van der Waals surface area (Å²) in [5.41, 5.74) is 4.20. The van der Waals surface area contributed by atoms with Crippen molar-refractivity contribution >= 4 is 29.5 Å². The maximum Gasteiger partial charge on any atom is 0.246 e. The zero-order chi connectivity index (χ0) is 37.3. The van der Waals surface area contributed by atoms with Crippen molar-refractivity contribution in [3.63, 3.8) is 0 Å². The van der Waals surface area contributed by atoms with Gasteiger partial charge < -0.3 is 35.3 Å². The van der Waals surface area contributed by atoms with Crippen LogP contribution in [0.4, 0.5) is 0 Å². The van der Waals surface area contributed by atoms with Crippen molar-refractivity contribution in [2.45, 2.75) is 95.5 Å². The third kappa shape index (κ3) is 13.1. The van der Waals surface area contributed by atoms with E-state index in [1.807, 2.05) is 60.7 Å². The number of aliphatic hydroxyl groups excluding tert-OH is 1. The molecule has 1 fully saturated rings. The molecular formula is C38H56N6O7.